The molecule has 0 aliphatic heterocycles. The first-order valence-corrected chi connectivity index (χ1v) is 18.5. The van der Waals surface area contributed by atoms with Crippen LogP contribution in [-0.2, 0) is 0 Å². The fourth-order valence-corrected chi connectivity index (χ4v) is 7.59. The Morgan fingerprint density at radius 3 is 1.64 bits per heavy atom. The summed E-state index contributed by atoms with van der Waals surface area (Å²) < 4.78 is 2.34. The lowest BCUT2D eigenvalue weighted by molar-refractivity contribution is 1.17. The highest BCUT2D eigenvalue weighted by atomic mass is 15.0. The highest BCUT2D eigenvalue weighted by Gasteiger charge is 2.15. The van der Waals surface area contributed by atoms with E-state index >= 15 is 0 Å². The minimum atomic E-state index is 0.840. The monoisotopic (exact) mass is 702 g/mol. The van der Waals surface area contributed by atoms with E-state index < -0.39 is 0 Å². The van der Waals surface area contributed by atoms with Crippen molar-refractivity contribution in [3.05, 3.63) is 207 Å². The zero-order valence-electron chi connectivity index (χ0n) is 29.9. The van der Waals surface area contributed by atoms with E-state index in [0.29, 0.717) is 0 Å². The van der Waals surface area contributed by atoms with Gasteiger partial charge in [0.25, 0.3) is 0 Å². The van der Waals surface area contributed by atoms with Gasteiger partial charge < -0.3 is 4.57 Å². The summed E-state index contributed by atoms with van der Waals surface area (Å²) in [6.07, 6.45) is 5.68. The number of benzene rings is 6. The van der Waals surface area contributed by atoms with Crippen LogP contribution in [0.15, 0.2) is 207 Å². The molecule has 4 nitrogen and oxygen atoms in total. The van der Waals surface area contributed by atoms with Gasteiger partial charge in [-0.3, -0.25) is 9.97 Å². The van der Waals surface area contributed by atoms with E-state index in [0.717, 1.165) is 72.6 Å². The molecule has 0 radical (unpaired) electrons. The van der Waals surface area contributed by atoms with Crippen LogP contribution in [0.1, 0.15) is 0 Å². The summed E-state index contributed by atoms with van der Waals surface area (Å²) in [7, 11) is 0. The van der Waals surface area contributed by atoms with Gasteiger partial charge in [-0.1, -0.05) is 127 Å². The molecule has 55 heavy (non-hydrogen) atoms. The van der Waals surface area contributed by atoms with E-state index in [9.17, 15) is 0 Å². The first-order chi connectivity index (χ1) is 27.2. The van der Waals surface area contributed by atoms with E-state index in [-0.39, 0.29) is 0 Å². The van der Waals surface area contributed by atoms with Gasteiger partial charge in [0.1, 0.15) is 0 Å². The number of pyridine rings is 3. The quantitative estimate of drug-likeness (QED) is 0.166. The topological polar surface area (TPSA) is 43.6 Å². The molecule has 10 aromatic rings. The number of hydrogen-bond acceptors (Lipinski definition) is 3. The third-order valence-electron chi connectivity index (χ3n) is 10.4. The molecule has 0 fully saturated rings. The third kappa shape index (κ3) is 6.16. The second-order valence-electron chi connectivity index (χ2n) is 13.7. The Labute approximate surface area is 319 Å². The molecule has 0 aliphatic rings. The molecular formula is C51H34N4. The van der Waals surface area contributed by atoms with Gasteiger partial charge in [-0.05, 0) is 105 Å². The molecule has 10 rings (SSSR count). The van der Waals surface area contributed by atoms with Crippen molar-refractivity contribution in [2.24, 2.45) is 0 Å². The molecule has 0 atom stereocenters. The summed E-state index contributed by atoms with van der Waals surface area (Å²) in [5.41, 5.74) is 16.3. The summed E-state index contributed by atoms with van der Waals surface area (Å²) in [4.78, 5) is 14.3. The number of fused-ring (bicyclic) bond motifs is 3. The molecule has 0 unspecified atom stereocenters. The van der Waals surface area contributed by atoms with Gasteiger partial charge in [0.2, 0.25) is 0 Å². The first-order valence-electron chi connectivity index (χ1n) is 18.5. The number of rotatable bonds is 7. The van der Waals surface area contributed by atoms with Gasteiger partial charge in [-0.15, -0.1) is 0 Å². The van der Waals surface area contributed by atoms with Gasteiger partial charge in [0, 0.05) is 40.6 Å². The van der Waals surface area contributed by atoms with Crippen molar-refractivity contribution < 1.29 is 0 Å². The standard InChI is InChI=1S/C51H34N4/c1-3-10-35(11-4-1)37-21-24-44(25-22-37)55-50-26-23-41(31-45(50)46-34-52-29-27-51(46)55)38-17-19-39(20-18-38)43-32-48(54-49(33-43)47-16-7-8-28-53-47)42-15-9-14-40(30-42)36-12-5-2-6-13-36/h1-34H. The maximum absolute atomic E-state index is 5.13. The Bertz CT molecular complexity index is 2930. The van der Waals surface area contributed by atoms with Crippen LogP contribution < -0.4 is 0 Å². The van der Waals surface area contributed by atoms with Crippen LogP contribution in [0.5, 0.6) is 0 Å². The van der Waals surface area contributed by atoms with E-state index in [1.807, 2.05) is 42.9 Å². The summed E-state index contributed by atoms with van der Waals surface area (Å²) >= 11 is 0. The van der Waals surface area contributed by atoms with Crippen LogP contribution in [-0.4, -0.2) is 19.5 Å². The molecule has 0 spiro atoms. The maximum Gasteiger partial charge on any atom is 0.0899 e. The number of aromatic nitrogens is 4. The smallest absolute Gasteiger partial charge is 0.0899 e. The maximum atomic E-state index is 5.13. The van der Waals surface area contributed by atoms with E-state index in [1.54, 1.807) is 0 Å². The second kappa shape index (κ2) is 13.8. The molecule has 0 aliphatic carbocycles. The van der Waals surface area contributed by atoms with Crippen LogP contribution in [0.3, 0.4) is 0 Å². The molecular weight excluding hydrogens is 669 g/mol. The lowest BCUT2D eigenvalue weighted by atomic mass is 9.96. The molecule has 4 heteroatoms. The predicted octanol–water partition coefficient (Wildman–Crippen LogP) is 13.0. The normalized spacial score (nSPS) is 11.3. The van der Waals surface area contributed by atoms with Gasteiger partial charge >= 0.3 is 0 Å². The van der Waals surface area contributed by atoms with E-state index in [4.69, 9.17) is 4.98 Å². The molecule has 0 N–H and O–H groups in total. The zero-order valence-corrected chi connectivity index (χ0v) is 29.9. The van der Waals surface area contributed by atoms with Crippen molar-refractivity contribution in [1.29, 1.82) is 0 Å². The predicted molar refractivity (Wildman–Crippen MR) is 227 cm³/mol. The van der Waals surface area contributed by atoms with Crippen molar-refractivity contribution in [1.82, 2.24) is 19.5 Å². The van der Waals surface area contributed by atoms with E-state index in [1.165, 1.54) is 22.1 Å². The molecule has 0 saturated carbocycles. The fraction of sp³-hybridized carbons (Fsp3) is 0. The van der Waals surface area contributed by atoms with Crippen LogP contribution in [0.2, 0.25) is 0 Å². The minimum absolute atomic E-state index is 0.840. The summed E-state index contributed by atoms with van der Waals surface area (Å²) in [5, 5.41) is 2.30. The van der Waals surface area contributed by atoms with Gasteiger partial charge in [-0.25, -0.2) is 4.98 Å². The largest absolute Gasteiger partial charge is 0.309 e. The third-order valence-corrected chi connectivity index (χ3v) is 10.4. The molecule has 0 bridgehead atoms. The highest BCUT2D eigenvalue weighted by Crippen LogP contribution is 2.37. The number of hydrogen-bond donors (Lipinski definition) is 0. The Kier molecular flexibility index (Phi) is 8.12. The lowest BCUT2D eigenvalue weighted by Crippen LogP contribution is -1.94. The van der Waals surface area contributed by atoms with Crippen LogP contribution in [0.4, 0.5) is 0 Å². The van der Waals surface area contributed by atoms with Crippen molar-refractivity contribution in [3.63, 3.8) is 0 Å². The average Bonchev–Trinajstić information content (AvgIpc) is 3.61. The first kappa shape index (κ1) is 32.2. The van der Waals surface area contributed by atoms with Crippen molar-refractivity contribution in [2.45, 2.75) is 0 Å². The van der Waals surface area contributed by atoms with E-state index in [2.05, 4.69) is 178 Å². The van der Waals surface area contributed by atoms with Crippen LogP contribution in [0, 0.1) is 0 Å². The summed E-state index contributed by atoms with van der Waals surface area (Å²) in [6.45, 7) is 0. The average molecular weight is 703 g/mol. The van der Waals surface area contributed by atoms with Crippen molar-refractivity contribution in [2.75, 3.05) is 0 Å². The molecule has 6 aromatic carbocycles. The molecule has 0 amide bonds. The molecule has 0 saturated heterocycles. The second-order valence-corrected chi connectivity index (χ2v) is 13.7. The Morgan fingerprint density at radius 2 is 0.891 bits per heavy atom. The summed E-state index contributed by atoms with van der Waals surface area (Å²) in [5.74, 6) is 0. The molecule has 4 heterocycles. The van der Waals surface area contributed by atoms with Crippen LogP contribution in [0.25, 0.3) is 94.6 Å². The van der Waals surface area contributed by atoms with Gasteiger partial charge in [0.05, 0.1) is 28.1 Å². The zero-order chi connectivity index (χ0) is 36.6. The highest BCUT2D eigenvalue weighted by molar-refractivity contribution is 6.10. The van der Waals surface area contributed by atoms with Gasteiger partial charge in [-0.2, -0.15) is 0 Å². The SMILES string of the molecule is c1ccc(-c2ccc(-n3c4ccncc4c4cc(-c5ccc(-c6cc(-c7cccc(-c8ccccc8)c7)nc(-c7ccccn7)c6)cc5)ccc43)cc2)cc1. The Hall–Kier alpha value is -7.43. The summed E-state index contributed by atoms with van der Waals surface area (Å²) in [6, 6.07) is 66.4. The van der Waals surface area contributed by atoms with Crippen LogP contribution >= 0.6 is 0 Å². The lowest BCUT2D eigenvalue weighted by Gasteiger charge is -2.12. The Morgan fingerprint density at radius 1 is 0.327 bits per heavy atom. The van der Waals surface area contributed by atoms with Gasteiger partial charge in [0.15, 0.2) is 0 Å². The van der Waals surface area contributed by atoms with Crippen molar-refractivity contribution >= 4 is 21.8 Å². The minimum Gasteiger partial charge on any atom is -0.309 e. The number of nitrogens with zero attached hydrogens (tertiary/aromatic N) is 4. The van der Waals surface area contributed by atoms with Crippen molar-refractivity contribution in [3.8, 4) is 72.8 Å². The Balaban J connectivity index is 1.02. The molecule has 4 aromatic heterocycles. The fourth-order valence-electron chi connectivity index (χ4n) is 7.59. The molecule has 258 valence electrons.